The fourth-order valence-electron chi connectivity index (χ4n) is 5.32. The van der Waals surface area contributed by atoms with Crippen LogP contribution in [-0.2, 0) is 12.8 Å². The second-order valence-electron chi connectivity index (χ2n) is 9.58. The van der Waals surface area contributed by atoms with Crippen molar-refractivity contribution in [1.82, 2.24) is 0 Å². The van der Waals surface area contributed by atoms with Gasteiger partial charge in [-0.15, -0.1) is 0 Å². The van der Waals surface area contributed by atoms with Gasteiger partial charge < -0.3 is 9.47 Å². The molecule has 6 aromatic rings. The van der Waals surface area contributed by atoms with Crippen LogP contribution in [0.15, 0.2) is 97.1 Å². The van der Waals surface area contributed by atoms with Crippen LogP contribution < -0.4 is 9.47 Å². The second kappa shape index (κ2) is 9.64. The van der Waals surface area contributed by atoms with Crippen LogP contribution in [0.5, 0.6) is 11.5 Å². The molecule has 0 unspecified atom stereocenters. The van der Waals surface area contributed by atoms with E-state index in [4.69, 9.17) is 9.47 Å². The summed E-state index contributed by atoms with van der Waals surface area (Å²) in [6.45, 7) is 0. The molecule has 6 aromatic carbocycles. The van der Waals surface area contributed by atoms with Crippen molar-refractivity contribution in [2.45, 2.75) is 12.8 Å². The lowest BCUT2D eigenvalue weighted by molar-refractivity contribution is 0.0985. The van der Waals surface area contributed by atoms with Crippen LogP contribution in [0.3, 0.4) is 0 Å². The highest BCUT2D eigenvalue weighted by Gasteiger charge is 2.16. The quantitative estimate of drug-likeness (QED) is 0.162. The number of Topliss-reactive ketones (excluding diaryl/α,β-unsaturated/α-hetero) is 2. The molecule has 0 saturated carbocycles. The molecule has 38 heavy (non-hydrogen) atoms. The molecular formula is C34H26O4. The molecule has 186 valence electrons. The first-order valence-electron chi connectivity index (χ1n) is 12.6. The highest BCUT2D eigenvalue weighted by atomic mass is 16.5. The van der Waals surface area contributed by atoms with Crippen LogP contribution in [0, 0.1) is 0 Å². The summed E-state index contributed by atoms with van der Waals surface area (Å²) >= 11 is 0. The number of ether oxygens (including phenoxy) is 2. The van der Waals surface area contributed by atoms with Crippen LogP contribution in [0.25, 0.3) is 32.3 Å². The third-order valence-corrected chi connectivity index (χ3v) is 7.29. The summed E-state index contributed by atoms with van der Waals surface area (Å²) in [4.78, 5) is 26.1. The molecule has 0 saturated heterocycles. The fourth-order valence-corrected chi connectivity index (χ4v) is 5.32. The van der Waals surface area contributed by atoms with Gasteiger partial charge in [0.2, 0.25) is 0 Å². The van der Waals surface area contributed by atoms with Crippen molar-refractivity contribution in [2.24, 2.45) is 0 Å². The van der Waals surface area contributed by atoms with Gasteiger partial charge in [0.15, 0.2) is 11.6 Å². The van der Waals surface area contributed by atoms with Gasteiger partial charge in [0.05, 0.1) is 14.2 Å². The molecule has 6 rings (SSSR count). The van der Waals surface area contributed by atoms with Gasteiger partial charge in [-0.2, -0.15) is 0 Å². The van der Waals surface area contributed by atoms with Gasteiger partial charge in [-0.05, 0) is 92.0 Å². The summed E-state index contributed by atoms with van der Waals surface area (Å²) in [5, 5.41) is 6.74. The van der Waals surface area contributed by atoms with E-state index in [0.29, 0.717) is 24.0 Å². The largest absolute Gasteiger partial charge is 0.497 e. The Morgan fingerprint density at radius 2 is 1.05 bits per heavy atom. The molecule has 4 heteroatoms. The van der Waals surface area contributed by atoms with Gasteiger partial charge in [-0.3, -0.25) is 9.59 Å². The van der Waals surface area contributed by atoms with Gasteiger partial charge in [0.25, 0.3) is 0 Å². The Labute approximate surface area is 220 Å². The van der Waals surface area contributed by atoms with Crippen molar-refractivity contribution >= 4 is 43.9 Å². The van der Waals surface area contributed by atoms with Crippen molar-refractivity contribution in [3.05, 3.63) is 119 Å². The predicted molar refractivity (Wildman–Crippen MR) is 152 cm³/mol. The van der Waals surface area contributed by atoms with E-state index in [1.165, 1.54) is 5.39 Å². The number of benzene rings is 6. The van der Waals surface area contributed by atoms with E-state index in [1.54, 1.807) is 26.4 Å². The molecule has 0 aromatic heterocycles. The standard InChI is InChI=1S/C34H26O4/c1-37-28-12-7-22(8-13-28)31(35)19-21-17-26-6-4-24-3-5-25(30-16-11-27(18-21)33(26)34(24)30)20-32(36)23-9-14-29(38-2)15-10-23/h3-18H,19-20H2,1-2H3. The lowest BCUT2D eigenvalue weighted by atomic mass is 9.88. The van der Waals surface area contributed by atoms with Gasteiger partial charge in [0.1, 0.15) is 11.5 Å². The van der Waals surface area contributed by atoms with Crippen molar-refractivity contribution in [3.63, 3.8) is 0 Å². The Morgan fingerprint density at radius 1 is 0.553 bits per heavy atom. The van der Waals surface area contributed by atoms with Gasteiger partial charge in [-0.25, -0.2) is 0 Å². The van der Waals surface area contributed by atoms with Crippen LogP contribution in [0.1, 0.15) is 31.8 Å². The normalized spacial score (nSPS) is 11.3. The minimum Gasteiger partial charge on any atom is -0.497 e. The van der Waals surface area contributed by atoms with E-state index < -0.39 is 0 Å². The molecule has 0 aliphatic carbocycles. The molecule has 0 radical (unpaired) electrons. The number of rotatable bonds is 8. The van der Waals surface area contributed by atoms with E-state index in [1.807, 2.05) is 36.4 Å². The molecule has 0 aliphatic heterocycles. The smallest absolute Gasteiger partial charge is 0.167 e. The lowest BCUT2D eigenvalue weighted by Gasteiger charge is -2.15. The minimum absolute atomic E-state index is 0.0693. The third-order valence-electron chi connectivity index (χ3n) is 7.29. The zero-order valence-corrected chi connectivity index (χ0v) is 21.3. The highest BCUT2D eigenvalue weighted by Crippen LogP contribution is 2.37. The number of carbonyl (C=O) groups excluding carboxylic acids is 2. The highest BCUT2D eigenvalue weighted by molar-refractivity contribution is 6.24. The van der Waals surface area contributed by atoms with Crippen LogP contribution in [0.4, 0.5) is 0 Å². The lowest BCUT2D eigenvalue weighted by Crippen LogP contribution is -2.05. The Balaban J connectivity index is 1.35. The zero-order chi connectivity index (χ0) is 26.2. The molecule has 0 spiro atoms. The predicted octanol–water partition coefficient (Wildman–Crippen LogP) is 7.45. The number of methoxy groups -OCH3 is 2. The van der Waals surface area contributed by atoms with Crippen LogP contribution >= 0.6 is 0 Å². The van der Waals surface area contributed by atoms with E-state index >= 15 is 0 Å². The summed E-state index contributed by atoms with van der Waals surface area (Å²) in [6.07, 6.45) is 0.645. The summed E-state index contributed by atoms with van der Waals surface area (Å²) in [6, 6.07) is 31.3. The Bertz CT molecular complexity index is 1780. The van der Waals surface area contributed by atoms with E-state index in [2.05, 4.69) is 48.5 Å². The molecular weight excluding hydrogens is 472 g/mol. The number of hydrogen-bond donors (Lipinski definition) is 0. The molecule has 0 aliphatic rings. The van der Waals surface area contributed by atoms with Gasteiger partial charge in [-0.1, -0.05) is 48.5 Å². The van der Waals surface area contributed by atoms with Crippen molar-refractivity contribution in [2.75, 3.05) is 14.2 Å². The Kier molecular flexibility index (Phi) is 6.01. The van der Waals surface area contributed by atoms with Crippen LogP contribution in [0.2, 0.25) is 0 Å². The average molecular weight is 499 g/mol. The maximum Gasteiger partial charge on any atom is 0.167 e. The van der Waals surface area contributed by atoms with Gasteiger partial charge >= 0.3 is 0 Å². The number of hydrogen-bond acceptors (Lipinski definition) is 4. The Hall–Kier alpha value is -4.70. The molecule has 4 nitrogen and oxygen atoms in total. The SMILES string of the molecule is COc1ccc(C(=O)Cc2cc3ccc4ccc(CC(=O)c5ccc(OC)cc5)c5ccc(c2)c3c45)cc1. The third kappa shape index (κ3) is 4.24. The summed E-state index contributed by atoms with van der Waals surface area (Å²) in [7, 11) is 3.23. The molecule has 0 amide bonds. The van der Waals surface area contributed by atoms with E-state index in [-0.39, 0.29) is 11.6 Å². The maximum atomic E-state index is 13.1. The molecule has 0 fully saturated rings. The maximum absolute atomic E-state index is 13.1. The zero-order valence-electron chi connectivity index (χ0n) is 21.3. The van der Waals surface area contributed by atoms with Crippen molar-refractivity contribution in [3.8, 4) is 11.5 Å². The van der Waals surface area contributed by atoms with E-state index in [9.17, 15) is 9.59 Å². The molecule has 0 heterocycles. The summed E-state index contributed by atoms with van der Waals surface area (Å²) in [5.41, 5.74) is 3.32. The second-order valence-corrected chi connectivity index (χ2v) is 9.58. The number of carbonyl (C=O) groups is 2. The average Bonchev–Trinajstić information content (AvgIpc) is 2.96. The fraction of sp³-hybridized carbons (Fsp3) is 0.118. The molecule has 0 N–H and O–H groups in total. The van der Waals surface area contributed by atoms with E-state index in [0.717, 1.165) is 49.6 Å². The number of ketones is 2. The molecule has 0 bridgehead atoms. The van der Waals surface area contributed by atoms with Crippen molar-refractivity contribution < 1.29 is 19.1 Å². The van der Waals surface area contributed by atoms with Crippen LogP contribution in [-0.4, -0.2) is 25.8 Å². The monoisotopic (exact) mass is 498 g/mol. The molecule has 0 atom stereocenters. The van der Waals surface area contributed by atoms with Gasteiger partial charge in [0, 0.05) is 24.0 Å². The topological polar surface area (TPSA) is 52.6 Å². The first kappa shape index (κ1) is 23.7. The Morgan fingerprint density at radius 3 is 1.63 bits per heavy atom. The van der Waals surface area contributed by atoms with Crippen molar-refractivity contribution in [1.29, 1.82) is 0 Å². The summed E-state index contributed by atoms with van der Waals surface area (Å²) in [5.74, 6) is 1.60. The first-order valence-corrected chi connectivity index (χ1v) is 12.6. The minimum atomic E-state index is 0.0693. The summed E-state index contributed by atoms with van der Waals surface area (Å²) < 4.78 is 10.4. The first-order chi connectivity index (χ1) is 18.5.